The van der Waals surface area contributed by atoms with Crippen LogP contribution in [-0.2, 0) is 4.74 Å². The van der Waals surface area contributed by atoms with Gasteiger partial charge in [0.05, 0.1) is 5.56 Å². The highest BCUT2D eigenvalue weighted by molar-refractivity contribution is 5.94. The lowest BCUT2D eigenvalue weighted by Gasteiger charge is -2.31. The van der Waals surface area contributed by atoms with Crippen molar-refractivity contribution in [3.63, 3.8) is 0 Å². The molecule has 1 saturated heterocycles. The van der Waals surface area contributed by atoms with E-state index in [4.69, 9.17) is 10.5 Å². The summed E-state index contributed by atoms with van der Waals surface area (Å²) in [6.07, 6.45) is 4.78. The number of piperidine rings is 1. The van der Waals surface area contributed by atoms with E-state index in [9.17, 15) is 4.39 Å². The Labute approximate surface area is 168 Å². The molecule has 0 spiro atoms. The predicted molar refractivity (Wildman–Crippen MR) is 113 cm³/mol. The van der Waals surface area contributed by atoms with Crippen LogP contribution in [-0.4, -0.2) is 36.0 Å². The minimum Gasteiger partial charge on any atom is -0.472 e. The molecule has 4 nitrogen and oxygen atoms in total. The third-order valence-electron chi connectivity index (χ3n) is 4.27. The largest absolute Gasteiger partial charge is 0.472 e. The quantitative estimate of drug-likeness (QED) is 0.484. The van der Waals surface area contributed by atoms with Crippen molar-refractivity contribution >= 4 is 5.90 Å². The predicted octanol–water partition coefficient (Wildman–Crippen LogP) is 4.09. The lowest BCUT2D eigenvalue weighted by Crippen LogP contribution is -2.37. The maximum atomic E-state index is 13.7. The number of nitrogens with two attached hydrogens (primary N) is 1. The molecule has 0 atom stereocenters. The number of rotatable bonds is 4. The molecule has 0 saturated carbocycles. The summed E-state index contributed by atoms with van der Waals surface area (Å²) in [6, 6.07) is 6.64. The SMILES string of the molecule is C=C(CN1CCC(C#Cc2ccccc2F)CC1)/C(=N\C=C/N)OC(C)(C)C. The third kappa shape index (κ3) is 7.21. The van der Waals surface area contributed by atoms with Crippen molar-refractivity contribution in [1.82, 2.24) is 4.90 Å². The molecule has 1 aliphatic rings. The topological polar surface area (TPSA) is 50.8 Å². The summed E-state index contributed by atoms with van der Waals surface area (Å²) in [7, 11) is 0. The van der Waals surface area contributed by atoms with Gasteiger partial charge in [-0.2, -0.15) is 0 Å². The Morgan fingerprint density at radius 2 is 2.04 bits per heavy atom. The van der Waals surface area contributed by atoms with Crippen LogP contribution in [0.2, 0.25) is 0 Å². The lowest BCUT2D eigenvalue weighted by molar-refractivity contribution is 0.115. The van der Waals surface area contributed by atoms with Gasteiger partial charge in [0.25, 0.3) is 0 Å². The summed E-state index contributed by atoms with van der Waals surface area (Å²) in [6.45, 7) is 12.6. The number of hydrogen-bond donors (Lipinski definition) is 1. The highest BCUT2D eigenvalue weighted by atomic mass is 19.1. The summed E-state index contributed by atoms with van der Waals surface area (Å²) < 4.78 is 19.6. The first kappa shape index (κ1) is 21.7. The number of hydrogen-bond acceptors (Lipinski definition) is 4. The minimum absolute atomic E-state index is 0.263. The maximum Gasteiger partial charge on any atom is 0.217 e. The Morgan fingerprint density at radius 3 is 2.64 bits per heavy atom. The van der Waals surface area contributed by atoms with Crippen LogP contribution in [0.3, 0.4) is 0 Å². The number of ether oxygens (including phenoxy) is 1. The number of halogens is 1. The van der Waals surface area contributed by atoms with Crippen LogP contribution in [0.1, 0.15) is 39.2 Å². The lowest BCUT2D eigenvalue weighted by atomic mass is 9.96. The average molecular weight is 384 g/mol. The number of aliphatic imine (C=N–C) groups is 1. The molecule has 0 radical (unpaired) electrons. The molecule has 1 fully saturated rings. The number of benzene rings is 1. The molecule has 5 heteroatoms. The summed E-state index contributed by atoms with van der Waals surface area (Å²) in [5, 5.41) is 0. The highest BCUT2D eigenvalue weighted by Gasteiger charge is 2.22. The van der Waals surface area contributed by atoms with Crippen molar-refractivity contribution in [1.29, 1.82) is 0 Å². The Hall–Kier alpha value is -2.58. The molecule has 1 aliphatic heterocycles. The molecule has 0 aromatic heterocycles. The molecule has 0 aliphatic carbocycles. The van der Waals surface area contributed by atoms with E-state index in [1.807, 2.05) is 20.8 Å². The van der Waals surface area contributed by atoms with Gasteiger partial charge in [-0.05, 0) is 58.8 Å². The van der Waals surface area contributed by atoms with Gasteiger partial charge in [0, 0.05) is 30.4 Å². The molecule has 0 bridgehead atoms. The standard InChI is InChI=1S/C23H30FN3O/c1-18(22(26-14-13-25)28-23(2,3)4)17-27-15-11-19(12-16-27)9-10-20-7-5-6-8-21(20)24/h5-8,13-14,19H,1,11-12,15-17,25H2,2-4H3/b14-13-,26-22+. The molecule has 0 amide bonds. The van der Waals surface area contributed by atoms with Crippen molar-refractivity contribution in [2.24, 2.45) is 16.6 Å². The zero-order valence-electron chi connectivity index (χ0n) is 17.0. The van der Waals surface area contributed by atoms with Crippen LogP contribution >= 0.6 is 0 Å². The fraction of sp³-hybridized carbons (Fsp3) is 0.435. The van der Waals surface area contributed by atoms with Crippen molar-refractivity contribution in [2.75, 3.05) is 19.6 Å². The molecule has 28 heavy (non-hydrogen) atoms. The zero-order chi connectivity index (χ0) is 20.6. The normalized spacial score (nSPS) is 16.6. The van der Waals surface area contributed by atoms with E-state index in [-0.39, 0.29) is 17.3 Å². The number of nitrogens with zero attached hydrogens (tertiary/aromatic N) is 2. The Morgan fingerprint density at radius 1 is 1.36 bits per heavy atom. The van der Waals surface area contributed by atoms with Gasteiger partial charge in [0.2, 0.25) is 5.90 Å². The monoisotopic (exact) mass is 383 g/mol. The average Bonchev–Trinajstić information content (AvgIpc) is 2.64. The van der Waals surface area contributed by atoms with E-state index >= 15 is 0 Å². The van der Waals surface area contributed by atoms with Gasteiger partial charge in [-0.15, -0.1) is 0 Å². The van der Waals surface area contributed by atoms with Crippen LogP contribution in [0.5, 0.6) is 0 Å². The van der Waals surface area contributed by atoms with E-state index in [0.717, 1.165) is 31.5 Å². The Balaban J connectivity index is 1.91. The Bertz CT molecular complexity index is 788. The van der Waals surface area contributed by atoms with E-state index in [1.54, 1.807) is 18.2 Å². The highest BCUT2D eigenvalue weighted by Crippen LogP contribution is 2.19. The van der Waals surface area contributed by atoms with E-state index < -0.39 is 0 Å². The van der Waals surface area contributed by atoms with Crippen LogP contribution in [0.25, 0.3) is 0 Å². The minimum atomic E-state index is -0.362. The van der Waals surface area contributed by atoms with Crippen LogP contribution in [0, 0.1) is 23.6 Å². The molecule has 1 aromatic rings. The third-order valence-corrected chi connectivity index (χ3v) is 4.27. The van der Waals surface area contributed by atoms with E-state index in [2.05, 4.69) is 28.3 Å². The first-order valence-corrected chi connectivity index (χ1v) is 9.58. The molecular formula is C23H30FN3O. The van der Waals surface area contributed by atoms with Crippen molar-refractivity contribution < 1.29 is 9.13 Å². The molecule has 2 N–H and O–H groups in total. The number of likely N-dealkylation sites (tertiary alicyclic amines) is 1. The summed E-state index contributed by atoms with van der Waals surface area (Å²) in [4.78, 5) is 6.60. The molecule has 2 rings (SSSR count). The fourth-order valence-electron chi connectivity index (χ4n) is 2.91. The molecule has 1 heterocycles. The Kier molecular flexibility index (Phi) is 7.83. The fourth-order valence-corrected chi connectivity index (χ4v) is 2.91. The van der Waals surface area contributed by atoms with Crippen LogP contribution in [0.15, 0.2) is 53.8 Å². The maximum absolute atomic E-state index is 13.7. The smallest absolute Gasteiger partial charge is 0.217 e. The van der Waals surface area contributed by atoms with Gasteiger partial charge >= 0.3 is 0 Å². The van der Waals surface area contributed by atoms with Crippen molar-refractivity contribution in [2.45, 2.75) is 39.2 Å². The van der Waals surface area contributed by atoms with E-state index in [0.29, 0.717) is 18.0 Å². The van der Waals surface area contributed by atoms with Gasteiger partial charge in [-0.1, -0.05) is 30.6 Å². The van der Waals surface area contributed by atoms with Gasteiger partial charge in [0.15, 0.2) is 0 Å². The summed E-state index contributed by atoms with van der Waals surface area (Å²) >= 11 is 0. The molecular weight excluding hydrogens is 353 g/mol. The summed E-state index contributed by atoms with van der Waals surface area (Å²) in [5.74, 6) is 6.74. The first-order valence-electron chi connectivity index (χ1n) is 9.58. The second-order valence-electron chi connectivity index (χ2n) is 7.89. The molecule has 1 aromatic carbocycles. The van der Waals surface area contributed by atoms with Crippen molar-refractivity contribution in [3.05, 3.63) is 60.2 Å². The van der Waals surface area contributed by atoms with Gasteiger partial charge in [-0.25, -0.2) is 9.38 Å². The van der Waals surface area contributed by atoms with Gasteiger partial charge < -0.3 is 10.5 Å². The van der Waals surface area contributed by atoms with Crippen LogP contribution in [0.4, 0.5) is 4.39 Å². The first-order chi connectivity index (χ1) is 13.3. The van der Waals surface area contributed by atoms with Crippen LogP contribution < -0.4 is 5.73 Å². The van der Waals surface area contributed by atoms with E-state index in [1.165, 1.54) is 18.5 Å². The van der Waals surface area contributed by atoms with Gasteiger partial charge in [-0.3, -0.25) is 4.90 Å². The molecule has 0 unspecified atom stereocenters. The molecule has 150 valence electrons. The van der Waals surface area contributed by atoms with Crippen molar-refractivity contribution in [3.8, 4) is 11.8 Å². The zero-order valence-corrected chi connectivity index (χ0v) is 17.0. The van der Waals surface area contributed by atoms with Gasteiger partial charge in [0.1, 0.15) is 11.4 Å². The second-order valence-corrected chi connectivity index (χ2v) is 7.89. The second kappa shape index (κ2) is 10.1. The summed E-state index contributed by atoms with van der Waals surface area (Å²) in [5.41, 5.74) is 6.33.